The molecular formula is C38H48N2O6S2. The molecule has 0 radical (unpaired) electrons. The van der Waals surface area contributed by atoms with Gasteiger partial charge < -0.3 is 20.1 Å². The summed E-state index contributed by atoms with van der Waals surface area (Å²) in [5.74, 6) is -0.660. The molecule has 2 aromatic heterocycles. The molecular weight excluding hydrogens is 645 g/mol. The Morgan fingerprint density at radius 2 is 1.04 bits per heavy atom. The van der Waals surface area contributed by atoms with Gasteiger partial charge in [-0.15, -0.1) is 22.7 Å². The van der Waals surface area contributed by atoms with Gasteiger partial charge >= 0.3 is 11.9 Å². The second-order valence-electron chi connectivity index (χ2n) is 14.4. The van der Waals surface area contributed by atoms with Gasteiger partial charge in [-0.3, -0.25) is 9.59 Å². The molecule has 2 atom stereocenters. The minimum absolute atomic E-state index is 0.184. The van der Waals surface area contributed by atoms with E-state index in [1.807, 2.05) is 0 Å². The van der Waals surface area contributed by atoms with Crippen LogP contribution in [0.2, 0.25) is 0 Å². The molecule has 10 heteroatoms. The highest BCUT2D eigenvalue weighted by atomic mass is 32.1. The van der Waals surface area contributed by atoms with Crippen molar-refractivity contribution in [2.24, 2.45) is 22.7 Å². The second-order valence-corrected chi connectivity index (χ2v) is 16.7. The molecule has 2 aliphatic rings. The lowest BCUT2D eigenvalue weighted by Gasteiger charge is -2.36. The molecule has 48 heavy (non-hydrogen) atoms. The fourth-order valence-electron chi connectivity index (χ4n) is 7.02. The molecule has 5 rings (SSSR count). The van der Waals surface area contributed by atoms with E-state index < -0.39 is 11.9 Å². The molecule has 8 nitrogen and oxygen atoms in total. The van der Waals surface area contributed by atoms with Crippen molar-refractivity contribution in [2.45, 2.75) is 92.9 Å². The van der Waals surface area contributed by atoms with E-state index in [2.05, 4.69) is 52.2 Å². The average molecular weight is 693 g/mol. The Hall–Kier alpha value is -3.50. The van der Waals surface area contributed by atoms with Crippen LogP contribution in [0.5, 0.6) is 0 Å². The largest absolute Gasteiger partial charge is 0.465 e. The number of benzene rings is 1. The van der Waals surface area contributed by atoms with Crippen LogP contribution in [0.3, 0.4) is 0 Å². The summed E-state index contributed by atoms with van der Waals surface area (Å²) in [5.41, 5.74) is 3.91. The van der Waals surface area contributed by atoms with Crippen LogP contribution < -0.4 is 10.6 Å². The zero-order valence-corrected chi connectivity index (χ0v) is 31.0. The van der Waals surface area contributed by atoms with Crippen LogP contribution in [0.4, 0.5) is 10.0 Å². The number of carbonyl (C=O) groups excluding carboxylic acids is 4. The maximum Gasteiger partial charge on any atom is 0.341 e. The average Bonchev–Trinajstić information content (AvgIpc) is 3.63. The summed E-state index contributed by atoms with van der Waals surface area (Å²) in [6.07, 6.45) is 7.38. The summed E-state index contributed by atoms with van der Waals surface area (Å²) >= 11 is 2.91. The molecule has 3 aromatic rings. The van der Waals surface area contributed by atoms with Gasteiger partial charge in [-0.05, 0) is 96.6 Å². The fourth-order valence-corrected chi connectivity index (χ4v) is 9.64. The number of anilines is 2. The van der Waals surface area contributed by atoms with E-state index in [0.717, 1.165) is 72.2 Å². The Morgan fingerprint density at radius 1 is 0.688 bits per heavy atom. The van der Waals surface area contributed by atoms with E-state index in [1.165, 1.54) is 36.9 Å². The normalized spacial score (nSPS) is 17.6. The molecule has 0 saturated carbocycles. The third-order valence-electron chi connectivity index (χ3n) is 11.2. The monoisotopic (exact) mass is 692 g/mol. The Balaban J connectivity index is 1.33. The van der Waals surface area contributed by atoms with E-state index in [1.54, 1.807) is 24.3 Å². The quantitative estimate of drug-likeness (QED) is 0.205. The maximum absolute atomic E-state index is 13.4. The predicted molar refractivity (Wildman–Crippen MR) is 193 cm³/mol. The van der Waals surface area contributed by atoms with Gasteiger partial charge in [-0.1, -0.05) is 54.4 Å². The van der Waals surface area contributed by atoms with Crippen LogP contribution in [0, 0.1) is 22.7 Å². The van der Waals surface area contributed by atoms with Gasteiger partial charge in [-0.25, -0.2) is 9.59 Å². The Kier molecular flexibility index (Phi) is 10.6. The molecule has 0 saturated heterocycles. The van der Waals surface area contributed by atoms with Crippen LogP contribution >= 0.6 is 22.7 Å². The lowest BCUT2D eigenvalue weighted by atomic mass is 9.69. The smallest absolute Gasteiger partial charge is 0.341 e. The van der Waals surface area contributed by atoms with Crippen molar-refractivity contribution in [1.82, 2.24) is 0 Å². The van der Waals surface area contributed by atoms with Crippen molar-refractivity contribution in [3.8, 4) is 0 Å². The van der Waals surface area contributed by atoms with Gasteiger partial charge in [0.05, 0.1) is 25.3 Å². The maximum atomic E-state index is 13.4. The highest BCUT2D eigenvalue weighted by Gasteiger charge is 2.37. The summed E-state index contributed by atoms with van der Waals surface area (Å²) < 4.78 is 10.2. The summed E-state index contributed by atoms with van der Waals surface area (Å²) in [4.78, 5) is 54.8. The first kappa shape index (κ1) is 35.8. The van der Waals surface area contributed by atoms with Crippen molar-refractivity contribution in [3.63, 3.8) is 0 Å². The first-order valence-corrected chi connectivity index (χ1v) is 18.6. The standard InChI is InChI=1S/C38H48N2O6S2/c1-9-37(3,4)23-15-17-25-27(19-23)47-33(29(25)35(43)45-7)39-31(41)21-11-13-22(14-12-21)32(42)40-34-30(36(44)46-8)26-18-16-24(20-28(26)48-34)38(5,6)10-2/h11-14,23-24H,9-10,15-20H2,1-8H3,(H,39,41)(H,40,42)/t23-,24+. The van der Waals surface area contributed by atoms with E-state index in [4.69, 9.17) is 9.47 Å². The lowest BCUT2D eigenvalue weighted by Crippen LogP contribution is -2.28. The summed E-state index contributed by atoms with van der Waals surface area (Å²) in [5, 5.41) is 6.90. The molecule has 0 aliphatic heterocycles. The first-order chi connectivity index (χ1) is 22.7. The predicted octanol–water partition coefficient (Wildman–Crippen LogP) is 8.97. The third-order valence-corrected chi connectivity index (χ3v) is 13.5. The molecule has 0 bridgehead atoms. The van der Waals surface area contributed by atoms with Crippen LogP contribution in [0.15, 0.2) is 24.3 Å². The van der Waals surface area contributed by atoms with E-state index in [0.29, 0.717) is 44.1 Å². The van der Waals surface area contributed by atoms with Gasteiger partial charge in [0.15, 0.2) is 0 Å². The number of rotatable bonds is 10. The van der Waals surface area contributed by atoms with Crippen molar-refractivity contribution < 1.29 is 28.7 Å². The fraction of sp³-hybridized carbons (Fsp3) is 0.526. The SMILES string of the molecule is CCC(C)(C)[C@@H]1CCc2c(sc(NC(=O)c3ccc(C(=O)Nc4sc5c(c4C(=O)OC)CC[C@H](C(C)(C)CC)C5)cc3)c2C(=O)OC)C1. The van der Waals surface area contributed by atoms with Crippen molar-refractivity contribution in [2.75, 3.05) is 24.9 Å². The summed E-state index contributed by atoms with van der Waals surface area (Å²) in [6, 6.07) is 6.36. The first-order valence-electron chi connectivity index (χ1n) is 16.9. The Bertz CT molecular complexity index is 1590. The number of carbonyl (C=O) groups is 4. The van der Waals surface area contributed by atoms with Crippen molar-refractivity contribution >= 4 is 56.4 Å². The number of fused-ring (bicyclic) bond motifs is 2. The molecule has 1 aromatic carbocycles. The number of nitrogens with one attached hydrogen (secondary N) is 2. The van der Waals surface area contributed by atoms with E-state index >= 15 is 0 Å². The van der Waals surface area contributed by atoms with Crippen molar-refractivity contribution in [1.29, 1.82) is 0 Å². The van der Waals surface area contributed by atoms with Gasteiger partial charge in [0, 0.05) is 20.9 Å². The van der Waals surface area contributed by atoms with Gasteiger partial charge in [0.2, 0.25) is 0 Å². The molecule has 258 valence electrons. The highest BCUT2D eigenvalue weighted by Crippen LogP contribution is 2.47. The number of methoxy groups -OCH3 is 2. The summed E-state index contributed by atoms with van der Waals surface area (Å²) in [7, 11) is 2.72. The molecule has 2 heterocycles. The second kappa shape index (κ2) is 14.2. The van der Waals surface area contributed by atoms with E-state index in [-0.39, 0.29) is 22.6 Å². The molecule has 2 N–H and O–H groups in total. The number of hydrogen-bond acceptors (Lipinski definition) is 8. The zero-order chi connectivity index (χ0) is 35.0. The van der Waals surface area contributed by atoms with Crippen LogP contribution in [-0.2, 0) is 35.2 Å². The Labute approximate surface area is 292 Å². The minimum Gasteiger partial charge on any atom is -0.465 e. The van der Waals surface area contributed by atoms with Crippen molar-refractivity contribution in [3.05, 3.63) is 67.4 Å². The number of esters is 2. The number of thiophene rings is 2. The zero-order valence-electron chi connectivity index (χ0n) is 29.4. The molecule has 2 aliphatic carbocycles. The highest BCUT2D eigenvalue weighted by molar-refractivity contribution is 7.17. The lowest BCUT2D eigenvalue weighted by molar-refractivity contribution is 0.0591. The summed E-state index contributed by atoms with van der Waals surface area (Å²) in [6.45, 7) is 13.6. The molecule has 0 spiro atoms. The van der Waals surface area contributed by atoms with Gasteiger partial charge in [-0.2, -0.15) is 0 Å². The molecule has 2 amide bonds. The number of ether oxygens (including phenoxy) is 2. The van der Waals surface area contributed by atoms with Crippen LogP contribution in [-0.4, -0.2) is 38.0 Å². The van der Waals surface area contributed by atoms with E-state index in [9.17, 15) is 19.2 Å². The topological polar surface area (TPSA) is 111 Å². The molecule has 0 fully saturated rings. The number of hydrogen-bond donors (Lipinski definition) is 2. The molecule has 0 unspecified atom stereocenters. The number of amides is 2. The minimum atomic E-state index is -0.450. The van der Waals surface area contributed by atoms with Gasteiger partial charge in [0.1, 0.15) is 10.0 Å². The third kappa shape index (κ3) is 6.97. The van der Waals surface area contributed by atoms with Gasteiger partial charge in [0.25, 0.3) is 11.8 Å². The Morgan fingerprint density at radius 3 is 1.35 bits per heavy atom. The van der Waals surface area contributed by atoms with Crippen LogP contribution in [0.1, 0.15) is 130 Å². The van der Waals surface area contributed by atoms with Crippen LogP contribution in [0.25, 0.3) is 0 Å².